The first-order valence-corrected chi connectivity index (χ1v) is 31.9. The molecular formula is C62H75BrFN11O17S. The SMILES string of the molecule is Cc1ccc(C(=O)NCCCCC(NC(=O)CCCCCNC(=O)C(CCC(=O)O)NC(=O)C(Cc2c[nH]c3ccccc23)NC(=O)C(Cc2cccc(F)c2)NC(=O)CNC(=O)C(CCC(=O)O)NC(=O)C(CC(=O)O)NS(=O)(=O)c2ccc(Br)cc2)C(N)=O)cc1. The lowest BCUT2D eigenvalue weighted by Gasteiger charge is -2.26. The van der Waals surface area contributed by atoms with Crippen molar-refractivity contribution in [2.45, 2.75) is 138 Å². The number of nitrogens with one attached hydrogen (secondary N) is 10. The number of nitrogens with two attached hydrogens (primary N) is 1. The monoisotopic (exact) mass is 1380 g/mol. The summed E-state index contributed by atoms with van der Waals surface area (Å²) in [4.78, 5) is 159. The molecular weight excluding hydrogens is 1300 g/mol. The number of fused-ring (bicyclic) bond motifs is 1. The number of para-hydroxylation sites is 1. The quantitative estimate of drug-likeness (QED) is 0.0249. The predicted octanol–water partition coefficient (Wildman–Crippen LogP) is 2.02. The largest absolute Gasteiger partial charge is 0.481 e. The summed E-state index contributed by atoms with van der Waals surface area (Å²) in [6, 6.07) is 14.4. The zero-order chi connectivity index (χ0) is 68.2. The number of benzene rings is 4. The average Bonchev–Trinajstić information content (AvgIpc) is 1.83. The van der Waals surface area contributed by atoms with Crippen LogP contribution in [0.2, 0.25) is 0 Å². The van der Waals surface area contributed by atoms with Crippen LogP contribution in [0.4, 0.5) is 4.39 Å². The Kier molecular flexibility index (Phi) is 29.5. The number of primary amides is 1. The van der Waals surface area contributed by atoms with Gasteiger partial charge in [-0.25, -0.2) is 12.8 Å². The van der Waals surface area contributed by atoms with Crippen LogP contribution in [-0.2, 0) is 75.6 Å². The number of carboxylic acids is 3. The number of carbonyl (C=O) groups excluding carboxylic acids is 9. The van der Waals surface area contributed by atoms with Crippen LogP contribution < -0.4 is 53.0 Å². The highest BCUT2D eigenvalue weighted by atomic mass is 79.9. The van der Waals surface area contributed by atoms with Crippen LogP contribution in [0.1, 0.15) is 104 Å². The zero-order valence-corrected chi connectivity index (χ0v) is 53.0. The van der Waals surface area contributed by atoms with Crippen molar-refractivity contribution >= 4 is 108 Å². The topological polar surface area (TPSA) is 450 Å². The van der Waals surface area contributed by atoms with Crippen molar-refractivity contribution in [3.8, 4) is 0 Å². The van der Waals surface area contributed by atoms with E-state index >= 15 is 0 Å². The van der Waals surface area contributed by atoms with E-state index in [1.807, 2.05) is 23.8 Å². The van der Waals surface area contributed by atoms with Gasteiger partial charge in [0.25, 0.3) is 5.91 Å². The van der Waals surface area contributed by atoms with Crippen molar-refractivity contribution in [2.75, 3.05) is 19.6 Å². The summed E-state index contributed by atoms with van der Waals surface area (Å²) in [6.07, 6.45) is -0.358. The number of hydrogen-bond donors (Lipinski definition) is 14. The zero-order valence-electron chi connectivity index (χ0n) is 50.6. The van der Waals surface area contributed by atoms with Gasteiger partial charge in [0.05, 0.1) is 17.9 Å². The molecule has 28 nitrogen and oxygen atoms in total. The van der Waals surface area contributed by atoms with E-state index in [1.54, 1.807) is 42.6 Å². The highest BCUT2D eigenvalue weighted by Crippen LogP contribution is 2.21. The summed E-state index contributed by atoms with van der Waals surface area (Å²) >= 11 is 3.16. The molecule has 1 aromatic heterocycles. The van der Waals surface area contributed by atoms with Gasteiger partial charge in [0, 0.05) is 72.3 Å². The molecule has 5 rings (SSSR count). The van der Waals surface area contributed by atoms with Gasteiger partial charge in [-0.15, -0.1) is 0 Å². The number of sulfonamides is 1. The Bertz CT molecular complexity index is 3590. The molecule has 0 saturated heterocycles. The van der Waals surface area contributed by atoms with E-state index < -0.39 is 162 Å². The van der Waals surface area contributed by atoms with E-state index in [2.05, 4.69) is 63.4 Å². The number of carbonyl (C=O) groups is 12. The number of aromatic amines is 1. The molecule has 0 aliphatic rings. The maximum absolute atomic E-state index is 14.6. The van der Waals surface area contributed by atoms with Crippen molar-refractivity contribution in [2.24, 2.45) is 5.73 Å². The average molecular weight is 1380 g/mol. The number of aliphatic carboxylic acids is 3. The van der Waals surface area contributed by atoms with E-state index in [4.69, 9.17) is 5.73 Å². The lowest BCUT2D eigenvalue weighted by atomic mass is 10.0. The molecule has 500 valence electrons. The van der Waals surface area contributed by atoms with E-state index in [-0.39, 0.29) is 42.2 Å². The minimum Gasteiger partial charge on any atom is -0.481 e. The van der Waals surface area contributed by atoms with Crippen molar-refractivity contribution in [1.29, 1.82) is 0 Å². The Labute approximate surface area is 542 Å². The highest BCUT2D eigenvalue weighted by molar-refractivity contribution is 9.10. The third-order valence-electron chi connectivity index (χ3n) is 14.4. The van der Waals surface area contributed by atoms with Crippen molar-refractivity contribution < 1.29 is 85.7 Å². The number of aromatic nitrogens is 1. The molecule has 93 heavy (non-hydrogen) atoms. The van der Waals surface area contributed by atoms with E-state index in [9.17, 15) is 85.7 Å². The maximum Gasteiger partial charge on any atom is 0.305 e. The fraction of sp³-hybridized carbons (Fsp3) is 0.387. The number of amides is 9. The first-order chi connectivity index (χ1) is 44.2. The Balaban J connectivity index is 1.24. The number of hydrogen-bond acceptors (Lipinski definition) is 14. The molecule has 0 bridgehead atoms. The second-order valence-corrected chi connectivity index (χ2v) is 24.4. The number of halogens is 2. The summed E-state index contributed by atoms with van der Waals surface area (Å²) in [5, 5.41) is 49.3. The minimum absolute atomic E-state index is 0.0113. The molecule has 0 saturated carbocycles. The van der Waals surface area contributed by atoms with Crippen LogP contribution in [-0.4, -0.2) is 156 Å². The summed E-state index contributed by atoms with van der Waals surface area (Å²) in [5.74, 6) is -13.0. The Morgan fingerprint density at radius 2 is 1.14 bits per heavy atom. The lowest BCUT2D eigenvalue weighted by molar-refractivity contribution is -0.140. The molecule has 1 heterocycles. The smallest absolute Gasteiger partial charge is 0.305 e. The summed E-state index contributed by atoms with van der Waals surface area (Å²) in [5.41, 5.74) is 8.37. The molecule has 4 aromatic carbocycles. The molecule has 0 spiro atoms. The van der Waals surface area contributed by atoms with Gasteiger partial charge in [-0.3, -0.25) is 57.5 Å². The fourth-order valence-corrected chi connectivity index (χ4v) is 10.9. The van der Waals surface area contributed by atoms with Gasteiger partial charge in [-0.05, 0) is 118 Å². The highest BCUT2D eigenvalue weighted by Gasteiger charge is 2.34. The van der Waals surface area contributed by atoms with Gasteiger partial charge in [-0.1, -0.05) is 70.4 Å². The van der Waals surface area contributed by atoms with Crippen molar-refractivity contribution in [3.63, 3.8) is 0 Å². The van der Waals surface area contributed by atoms with Gasteiger partial charge in [0.2, 0.25) is 57.3 Å². The number of unbranched alkanes of at least 4 members (excludes halogenated alkanes) is 3. The van der Waals surface area contributed by atoms with Crippen LogP contribution in [0.5, 0.6) is 0 Å². The van der Waals surface area contributed by atoms with Crippen LogP contribution >= 0.6 is 15.9 Å². The molecule has 6 unspecified atom stereocenters. The third-order valence-corrected chi connectivity index (χ3v) is 16.4. The minimum atomic E-state index is -4.56. The Morgan fingerprint density at radius 3 is 1.76 bits per heavy atom. The Hall–Kier alpha value is -9.62. The second kappa shape index (κ2) is 37.0. The first-order valence-electron chi connectivity index (χ1n) is 29.6. The third kappa shape index (κ3) is 25.9. The molecule has 0 fully saturated rings. The lowest BCUT2D eigenvalue weighted by Crippen LogP contribution is -2.58. The normalized spacial score (nSPS) is 13.1. The summed E-state index contributed by atoms with van der Waals surface area (Å²) in [7, 11) is -4.56. The van der Waals surface area contributed by atoms with Crippen molar-refractivity contribution in [3.05, 3.63) is 136 Å². The van der Waals surface area contributed by atoms with Crippen LogP contribution in [0.25, 0.3) is 10.9 Å². The van der Waals surface area contributed by atoms with Gasteiger partial charge < -0.3 is 68.6 Å². The van der Waals surface area contributed by atoms with Gasteiger partial charge in [0.15, 0.2) is 0 Å². The number of H-pyrrole nitrogens is 1. The van der Waals surface area contributed by atoms with E-state index in [1.165, 1.54) is 24.3 Å². The van der Waals surface area contributed by atoms with E-state index in [0.29, 0.717) is 65.2 Å². The Morgan fingerprint density at radius 1 is 0.559 bits per heavy atom. The molecule has 5 aromatic rings. The van der Waals surface area contributed by atoms with Gasteiger partial charge >= 0.3 is 17.9 Å². The van der Waals surface area contributed by atoms with Gasteiger partial charge in [0.1, 0.15) is 42.1 Å². The molecule has 15 N–H and O–H groups in total. The van der Waals surface area contributed by atoms with Crippen LogP contribution in [0.15, 0.2) is 113 Å². The van der Waals surface area contributed by atoms with Crippen molar-refractivity contribution in [1.82, 2.24) is 52.2 Å². The van der Waals surface area contributed by atoms with Gasteiger partial charge in [-0.2, -0.15) is 4.72 Å². The molecule has 6 atom stereocenters. The summed E-state index contributed by atoms with van der Waals surface area (Å²) in [6.45, 7) is 1.29. The predicted molar refractivity (Wildman–Crippen MR) is 337 cm³/mol. The van der Waals surface area contributed by atoms with Crippen LogP contribution in [0.3, 0.4) is 0 Å². The number of aryl methyl sites for hydroxylation is 1. The molecule has 31 heteroatoms. The molecule has 0 aliphatic heterocycles. The second-order valence-electron chi connectivity index (χ2n) is 21.8. The first kappa shape index (κ1) is 74.1. The van der Waals surface area contributed by atoms with Crippen LogP contribution in [0, 0.1) is 12.7 Å². The molecule has 0 radical (unpaired) electrons. The fourth-order valence-electron chi connectivity index (χ4n) is 9.45. The number of carboxylic acid groups (broad SMARTS) is 3. The van der Waals surface area contributed by atoms with E-state index in [0.717, 1.165) is 29.8 Å². The summed E-state index contributed by atoms with van der Waals surface area (Å²) < 4.78 is 43.4. The maximum atomic E-state index is 14.6. The number of rotatable bonds is 40. The molecule has 9 amide bonds. The standard InChI is InChI=1S/C62H75BrFN11O17S/c1-36-16-18-38(19-17-36)57(85)66-29-8-6-14-45(56(65)84)70-51(76)15-3-2-7-28-67-58(86)46(24-26-53(78)79)72-61(89)49(32-39-34-68-44-13-5-4-12-43(39)44)74-60(88)48(31-37-10-9-11-41(64)30-37)71-52(77)35-69-59(87)47(25-27-54(80)81)73-62(90)50(33-55(82)83)75-93(91,92)42-22-20-40(63)21-23-42/h4-5,9-13,16-23,30,34,45-50,68,75H,2-3,6-8,14-15,24-29,31-33,35H2,1H3,(H2,65,84)(H,66,85)(H,67,86)(H,69,87)(H,70,76)(H,71,77)(H,72,89)(H,73,90)(H,74,88)(H,78,79)(H,80,81)(H,82,83). The molecule has 0 aliphatic carbocycles.